The molecule has 5 heteroatoms. The summed E-state index contributed by atoms with van der Waals surface area (Å²) in [7, 11) is 1.21. The van der Waals surface area contributed by atoms with E-state index in [2.05, 4.69) is 9.47 Å². The van der Waals surface area contributed by atoms with Gasteiger partial charge in [-0.15, -0.1) is 0 Å². The first-order valence-corrected chi connectivity index (χ1v) is 5.25. The molecule has 92 valence electrons. The highest BCUT2D eigenvalue weighted by Crippen LogP contribution is 2.31. The minimum Gasteiger partial charge on any atom is -0.468 e. The minimum absolute atomic E-state index is 0.250. The van der Waals surface area contributed by atoms with Crippen LogP contribution in [0.25, 0.3) is 0 Å². The second-order valence-electron chi connectivity index (χ2n) is 3.56. The van der Waals surface area contributed by atoms with Gasteiger partial charge in [-0.05, 0) is 12.8 Å². The lowest BCUT2D eigenvalue weighted by atomic mass is 9.81. The number of methoxy groups -OCH3 is 1. The first kappa shape index (κ1) is 14.6. The van der Waals surface area contributed by atoms with Gasteiger partial charge in [0.2, 0.25) is 0 Å². The van der Waals surface area contributed by atoms with Crippen LogP contribution in [0.1, 0.15) is 40.0 Å². The van der Waals surface area contributed by atoms with E-state index >= 15 is 0 Å². The Morgan fingerprint density at radius 3 is 2.00 bits per heavy atom. The molecule has 0 aromatic carbocycles. The summed E-state index contributed by atoms with van der Waals surface area (Å²) >= 11 is 0. The normalized spacial score (nSPS) is 13.8. The van der Waals surface area contributed by atoms with Crippen molar-refractivity contribution in [1.82, 2.24) is 0 Å². The maximum Gasteiger partial charge on any atom is 0.331 e. The van der Waals surface area contributed by atoms with Crippen molar-refractivity contribution in [3.63, 3.8) is 0 Å². The summed E-state index contributed by atoms with van der Waals surface area (Å²) in [5.74, 6) is -2.19. The summed E-state index contributed by atoms with van der Waals surface area (Å²) in [6, 6.07) is 0. The second-order valence-corrected chi connectivity index (χ2v) is 3.56. The van der Waals surface area contributed by atoms with E-state index in [0.29, 0.717) is 12.8 Å². The van der Waals surface area contributed by atoms with Crippen molar-refractivity contribution >= 4 is 17.9 Å². The molecule has 0 bridgehead atoms. The van der Waals surface area contributed by atoms with Crippen molar-refractivity contribution in [2.75, 3.05) is 7.11 Å². The lowest BCUT2D eigenvalue weighted by Crippen LogP contribution is -2.41. The molecule has 0 saturated heterocycles. The van der Waals surface area contributed by atoms with Gasteiger partial charge in [-0.2, -0.15) is 0 Å². The van der Waals surface area contributed by atoms with E-state index < -0.39 is 23.3 Å². The smallest absolute Gasteiger partial charge is 0.331 e. The third kappa shape index (κ3) is 3.05. The molecule has 0 amide bonds. The maximum absolute atomic E-state index is 11.8. The minimum atomic E-state index is -1.35. The van der Waals surface area contributed by atoms with Crippen LogP contribution in [0.3, 0.4) is 0 Å². The first-order chi connectivity index (χ1) is 7.44. The Morgan fingerprint density at radius 2 is 1.69 bits per heavy atom. The third-order valence-electron chi connectivity index (χ3n) is 2.48. The summed E-state index contributed by atoms with van der Waals surface area (Å²) in [5.41, 5.74) is -1.35. The summed E-state index contributed by atoms with van der Waals surface area (Å²) < 4.78 is 9.11. The van der Waals surface area contributed by atoms with E-state index in [1.807, 2.05) is 6.92 Å². The van der Waals surface area contributed by atoms with Gasteiger partial charge in [-0.25, -0.2) is 0 Å². The number of carbonyl (C=O) groups excluding carboxylic acids is 3. The summed E-state index contributed by atoms with van der Waals surface area (Å²) in [6.07, 6.45) is 1.18. The van der Waals surface area contributed by atoms with Gasteiger partial charge in [0, 0.05) is 6.92 Å². The Hall–Kier alpha value is -1.39. The molecule has 0 N–H and O–H groups in total. The Kier molecular flexibility index (Phi) is 5.71. The molecule has 0 aliphatic carbocycles. The van der Waals surface area contributed by atoms with Crippen molar-refractivity contribution < 1.29 is 23.9 Å². The van der Waals surface area contributed by atoms with Crippen molar-refractivity contribution in [2.45, 2.75) is 40.0 Å². The molecule has 0 saturated carbocycles. The highest BCUT2D eigenvalue weighted by atomic mass is 16.6. The highest BCUT2D eigenvalue weighted by molar-refractivity contribution is 6.03. The average Bonchev–Trinajstić information content (AvgIpc) is 2.23. The quantitative estimate of drug-likeness (QED) is 0.528. The van der Waals surface area contributed by atoms with Crippen LogP contribution in [0, 0.1) is 5.41 Å². The Morgan fingerprint density at radius 1 is 1.12 bits per heavy atom. The second kappa shape index (κ2) is 6.25. The molecule has 0 fully saturated rings. The molecule has 16 heavy (non-hydrogen) atoms. The predicted octanol–water partition coefficient (Wildman–Crippen LogP) is 1.45. The topological polar surface area (TPSA) is 69.7 Å². The maximum atomic E-state index is 11.8. The van der Waals surface area contributed by atoms with Crippen LogP contribution >= 0.6 is 0 Å². The van der Waals surface area contributed by atoms with E-state index in [1.165, 1.54) is 7.11 Å². The first-order valence-electron chi connectivity index (χ1n) is 5.25. The number of carbonyl (C=O) groups is 3. The van der Waals surface area contributed by atoms with E-state index in [9.17, 15) is 14.4 Å². The van der Waals surface area contributed by atoms with Gasteiger partial charge in [0.15, 0.2) is 5.41 Å². The average molecular weight is 230 g/mol. The van der Waals surface area contributed by atoms with Gasteiger partial charge in [-0.3, -0.25) is 14.4 Å². The van der Waals surface area contributed by atoms with Gasteiger partial charge in [0.05, 0.1) is 7.11 Å². The molecule has 0 radical (unpaired) electrons. The molecule has 0 rings (SSSR count). The van der Waals surface area contributed by atoms with E-state index in [0.717, 1.165) is 6.92 Å². The molecule has 0 aromatic rings. The van der Waals surface area contributed by atoms with E-state index in [-0.39, 0.29) is 6.42 Å². The highest BCUT2D eigenvalue weighted by Gasteiger charge is 2.46. The molecule has 0 aliphatic rings. The fraction of sp³-hybridized carbons (Fsp3) is 0.727. The van der Waals surface area contributed by atoms with Crippen LogP contribution in [0.2, 0.25) is 0 Å². The zero-order chi connectivity index (χ0) is 12.8. The summed E-state index contributed by atoms with van der Waals surface area (Å²) in [4.78, 5) is 34.1. The van der Waals surface area contributed by atoms with Gasteiger partial charge in [-0.1, -0.05) is 20.3 Å². The molecule has 0 aliphatic heterocycles. The van der Waals surface area contributed by atoms with Crippen molar-refractivity contribution in [2.24, 2.45) is 5.41 Å². The fourth-order valence-corrected chi connectivity index (χ4v) is 1.60. The third-order valence-corrected chi connectivity index (χ3v) is 2.48. The summed E-state index contributed by atoms with van der Waals surface area (Å²) in [6.45, 7) is 4.66. The summed E-state index contributed by atoms with van der Waals surface area (Å²) in [5, 5.41) is 0. The standard InChI is InChI=1S/C11H18O5/c1-5-7-11(6-2,9(13)15-4)10(14)16-8(3)12/h5-7H2,1-4H3. The molecule has 5 nitrogen and oxygen atoms in total. The Labute approximate surface area is 95.1 Å². The van der Waals surface area contributed by atoms with Crippen LogP contribution in [-0.4, -0.2) is 25.0 Å². The molecule has 0 aromatic heterocycles. The molecular formula is C11H18O5. The van der Waals surface area contributed by atoms with Crippen LogP contribution in [-0.2, 0) is 23.9 Å². The fourth-order valence-electron chi connectivity index (χ4n) is 1.60. The number of ether oxygens (including phenoxy) is 2. The largest absolute Gasteiger partial charge is 0.468 e. The molecular weight excluding hydrogens is 212 g/mol. The van der Waals surface area contributed by atoms with Crippen molar-refractivity contribution in [1.29, 1.82) is 0 Å². The Balaban J connectivity index is 5.09. The SMILES string of the molecule is CCCC(CC)(C(=O)OC)C(=O)OC(C)=O. The predicted molar refractivity (Wildman–Crippen MR) is 56.4 cm³/mol. The van der Waals surface area contributed by atoms with Gasteiger partial charge >= 0.3 is 17.9 Å². The Bertz CT molecular complexity index is 284. The van der Waals surface area contributed by atoms with Gasteiger partial charge < -0.3 is 9.47 Å². The molecule has 1 atom stereocenters. The lowest BCUT2D eigenvalue weighted by Gasteiger charge is -2.26. The van der Waals surface area contributed by atoms with Crippen LogP contribution in [0.4, 0.5) is 0 Å². The number of rotatable bonds is 5. The monoisotopic (exact) mass is 230 g/mol. The van der Waals surface area contributed by atoms with E-state index in [1.54, 1.807) is 6.92 Å². The number of hydrogen-bond acceptors (Lipinski definition) is 5. The van der Waals surface area contributed by atoms with Gasteiger partial charge in [0.1, 0.15) is 0 Å². The van der Waals surface area contributed by atoms with Gasteiger partial charge in [0.25, 0.3) is 0 Å². The van der Waals surface area contributed by atoms with Crippen LogP contribution in [0.5, 0.6) is 0 Å². The zero-order valence-electron chi connectivity index (χ0n) is 10.2. The lowest BCUT2D eigenvalue weighted by molar-refractivity contribution is -0.175. The van der Waals surface area contributed by atoms with Crippen molar-refractivity contribution in [3.05, 3.63) is 0 Å². The van der Waals surface area contributed by atoms with E-state index in [4.69, 9.17) is 0 Å². The van der Waals surface area contributed by atoms with Crippen LogP contribution < -0.4 is 0 Å². The molecule has 0 spiro atoms. The van der Waals surface area contributed by atoms with Crippen molar-refractivity contribution in [3.8, 4) is 0 Å². The molecule has 1 unspecified atom stereocenters. The number of hydrogen-bond donors (Lipinski definition) is 0. The van der Waals surface area contributed by atoms with Crippen LogP contribution in [0.15, 0.2) is 0 Å². The number of esters is 3. The molecule has 0 heterocycles. The zero-order valence-corrected chi connectivity index (χ0v) is 10.2.